The highest BCUT2D eigenvalue weighted by Crippen LogP contribution is 2.18. The molecular weight excluding hydrogens is 164 g/mol. The third-order valence-corrected chi connectivity index (χ3v) is 2.65. The fourth-order valence-corrected chi connectivity index (χ4v) is 1.95. The molecule has 1 aliphatic heterocycles. The number of likely N-dealkylation sites (N-methyl/N-ethyl adjacent to an activating group) is 1. The molecule has 13 heavy (non-hydrogen) atoms. The van der Waals surface area contributed by atoms with Gasteiger partial charge in [-0.25, -0.2) is 0 Å². The lowest BCUT2D eigenvalue weighted by atomic mass is 9.94. The molecule has 3 heteroatoms. The van der Waals surface area contributed by atoms with Crippen molar-refractivity contribution in [1.82, 2.24) is 5.32 Å². The summed E-state index contributed by atoms with van der Waals surface area (Å²) in [5, 5.41) is 3.40. The van der Waals surface area contributed by atoms with E-state index in [2.05, 4.69) is 12.2 Å². The van der Waals surface area contributed by atoms with Crippen LogP contribution in [0.3, 0.4) is 0 Å². The average Bonchev–Trinajstić information content (AvgIpc) is 2.19. The number of hydrogen-bond acceptors (Lipinski definition) is 3. The first kappa shape index (κ1) is 11.0. The van der Waals surface area contributed by atoms with Gasteiger partial charge in [0.05, 0.1) is 0 Å². The van der Waals surface area contributed by atoms with Crippen molar-refractivity contribution in [1.29, 1.82) is 0 Å². The molecule has 0 spiro atoms. The monoisotopic (exact) mass is 186 g/mol. The van der Waals surface area contributed by atoms with Gasteiger partial charge >= 0.3 is 0 Å². The van der Waals surface area contributed by atoms with Crippen molar-refractivity contribution < 1.29 is 4.74 Å². The zero-order valence-corrected chi connectivity index (χ0v) is 8.59. The van der Waals surface area contributed by atoms with E-state index in [0.717, 1.165) is 32.2 Å². The van der Waals surface area contributed by atoms with Crippen molar-refractivity contribution in [3.05, 3.63) is 0 Å². The summed E-state index contributed by atoms with van der Waals surface area (Å²) in [6, 6.07) is 0.483. The van der Waals surface area contributed by atoms with E-state index in [1.54, 1.807) is 0 Å². The van der Waals surface area contributed by atoms with E-state index >= 15 is 0 Å². The van der Waals surface area contributed by atoms with Crippen molar-refractivity contribution in [2.75, 3.05) is 26.3 Å². The number of hydrogen-bond donors (Lipinski definition) is 2. The molecule has 3 N–H and O–H groups in total. The smallest absolute Gasteiger partial charge is 0.0494 e. The van der Waals surface area contributed by atoms with Crippen LogP contribution in [0, 0.1) is 5.92 Å². The van der Waals surface area contributed by atoms with Crippen molar-refractivity contribution in [3.8, 4) is 0 Å². The molecule has 1 aliphatic rings. The molecule has 1 saturated heterocycles. The van der Waals surface area contributed by atoms with Crippen molar-refractivity contribution in [2.45, 2.75) is 32.2 Å². The number of nitrogens with one attached hydrogen (secondary N) is 1. The summed E-state index contributed by atoms with van der Waals surface area (Å²) in [7, 11) is 0. The van der Waals surface area contributed by atoms with Gasteiger partial charge in [-0.1, -0.05) is 6.92 Å². The van der Waals surface area contributed by atoms with Gasteiger partial charge in [0.2, 0.25) is 0 Å². The van der Waals surface area contributed by atoms with E-state index in [4.69, 9.17) is 10.5 Å². The molecule has 0 amide bonds. The Bertz CT molecular complexity index is 121. The SMILES string of the molecule is CCN[C@H](CN)C[C@H]1CCCOC1. The van der Waals surface area contributed by atoms with Crippen molar-refractivity contribution >= 4 is 0 Å². The van der Waals surface area contributed by atoms with Gasteiger partial charge in [-0.15, -0.1) is 0 Å². The highest BCUT2D eigenvalue weighted by Gasteiger charge is 2.17. The van der Waals surface area contributed by atoms with Crippen LogP contribution in [0.2, 0.25) is 0 Å². The largest absolute Gasteiger partial charge is 0.381 e. The Morgan fingerprint density at radius 3 is 3.00 bits per heavy atom. The lowest BCUT2D eigenvalue weighted by Crippen LogP contribution is -2.38. The molecule has 1 fully saturated rings. The summed E-state index contributed by atoms with van der Waals surface area (Å²) < 4.78 is 5.44. The van der Waals surface area contributed by atoms with Crippen LogP contribution in [0.15, 0.2) is 0 Å². The van der Waals surface area contributed by atoms with E-state index in [9.17, 15) is 0 Å². The fraction of sp³-hybridized carbons (Fsp3) is 1.00. The lowest BCUT2D eigenvalue weighted by Gasteiger charge is -2.26. The second-order valence-corrected chi connectivity index (χ2v) is 3.81. The standard InChI is InChI=1S/C10H22N2O/c1-2-12-10(7-11)6-9-4-3-5-13-8-9/h9-10,12H,2-8,11H2,1H3/t9-,10+/m1/s1. The Balaban J connectivity index is 2.18. The summed E-state index contributed by atoms with van der Waals surface area (Å²) in [5.74, 6) is 0.723. The minimum atomic E-state index is 0.483. The quantitative estimate of drug-likeness (QED) is 0.666. The predicted octanol–water partition coefficient (Wildman–Crippen LogP) is 0.740. The van der Waals surface area contributed by atoms with Crippen LogP contribution in [0.25, 0.3) is 0 Å². The normalized spacial score (nSPS) is 25.8. The molecule has 0 radical (unpaired) electrons. The summed E-state index contributed by atoms with van der Waals surface area (Å²) in [4.78, 5) is 0. The molecule has 1 heterocycles. The zero-order chi connectivity index (χ0) is 9.52. The molecule has 1 rings (SSSR count). The van der Waals surface area contributed by atoms with Gasteiger partial charge in [0.1, 0.15) is 0 Å². The molecule has 0 unspecified atom stereocenters. The molecule has 0 saturated carbocycles. The maximum atomic E-state index is 5.67. The van der Waals surface area contributed by atoms with Gasteiger partial charge in [0.25, 0.3) is 0 Å². The Morgan fingerprint density at radius 2 is 2.46 bits per heavy atom. The van der Waals surface area contributed by atoms with Crippen LogP contribution in [0.1, 0.15) is 26.2 Å². The number of ether oxygens (including phenoxy) is 1. The molecule has 0 aromatic rings. The maximum Gasteiger partial charge on any atom is 0.0494 e. The molecule has 3 nitrogen and oxygen atoms in total. The number of rotatable bonds is 5. The van der Waals surface area contributed by atoms with Crippen LogP contribution in [-0.4, -0.2) is 32.3 Å². The van der Waals surface area contributed by atoms with Gasteiger partial charge in [-0.2, -0.15) is 0 Å². The van der Waals surface area contributed by atoms with E-state index in [0.29, 0.717) is 6.04 Å². The lowest BCUT2D eigenvalue weighted by molar-refractivity contribution is 0.0480. The molecule has 0 aliphatic carbocycles. The number of nitrogens with two attached hydrogens (primary N) is 1. The highest BCUT2D eigenvalue weighted by atomic mass is 16.5. The minimum Gasteiger partial charge on any atom is -0.381 e. The third-order valence-electron chi connectivity index (χ3n) is 2.65. The van der Waals surface area contributed by atoms with Crippen LogP contribution in [-0.2, 0) is 4.74 Å². The van der Waals surface area contributed by atoms with E-state index in [-0.39, 0.29) is 0 Å². The third kappa shape index (κ3) is 4.07. The van der Waals surface area contributed by atoms with Crippen LogP contribution < -0.4 is 11.1 Å². The van der Waals surface area contributed by atoms with Gasteiger partial charge in [-0.3, -0.25) is 0 Å². The van der Waals surface area contributed by atoms with Crippen LogP contribution in [0.5, 0.6) is 0 Å². The zero-order valence-electron chi connectivity index (χ0n) is 8.59. The van der Waals surface area contributed by atoms with E-state index < -0.39 is 0 Å². The van der Waals surface area contributed by atoms with Gasteiger partial charge in [0.15, 0.2) is 0 Å². The first-order chi connectivity index (χ1) is 6.36. The molecule has 0 bridgehead atoms. The second kappa shape index (κ2) is 6.35. The Hall–Kier alpha value is -0.120. The van der Waals surface area contributed by atoms with Crippen LogP contribution in [0.4, 0.5) is 0 Å². The summed E-state index contributed by atoms with van der Waals surface area (Å²) in [5.41, 5.74) is 5.67. The Kier molecular flexibility index (Phi) is 5.35. The Labute approximate surface area is 81.0 Å². The highest BCUT2D eigenvalue weighted by molar-refractivity contribution is 4.73. The van der Waals surface area contributed by atoms with Gasteiger partial charge < -0.3 is 15.8 Å². The predicted molar refractivity (Wildman–Crippen MR) is 54.7 cm³/mol. The average molecular weight is 186 g/mol. The first-order valence-electron chi connectivity index (χ1n) is 5.38. The summed E-state index contributed by atoms with van der Waals surface area (Å²) in [6.45, 7) is 5.76. The van der Waals surface area contributed by atoms with Crippen molar-refractivity contribution in [2.24, 2.45) is 11.7 Å². The van der Waals surface area contributed by atoms with E-state index in [1.807, 2.05) is 0 Å². The molecule has 0 aromatic heterocycles. The van der Waals surface area contributed by atoms with Gasteiger partial charge in [-0.05, 0) is 31.7 Å². The topological polar surface area (TPSA) is 47.3 Å². The molecule has 78 valence electrons. The Morgan fingerprint density at radius 1 is 1.62 bits per heavy atom. The molecular formula is C10H22N2O. The van der Waals surface area contributed by atoms with Crippen molar-refractivity contribution in [3.63, 3.8) is 0 Å². The van der Waals surface area contributed by atoms with Gasteiger partial charge in [0, 0.05) is 25.8 Å². The molecule has 2 atom stereocenters. The summed E-state index contributed by atoms with van der Waals surface area (Å²) in [6.07, 6.45) is 3.69. The second-order valence-electron chi connectivity index (χ2n) is 3.81. The summed E-state index contributed by atoms with van der Waals surface area (Å²) >= 11 is 0. The first-order valence-corrected chi connectivity index (χ1v) is 5.38. The minimum absolute atomic E-state index is 0.483. The molecule has 0 aromatic carbocycles. The maximum absolute atomic E-state index is 5.67. The van der Waals surface area contributed by atoms with E-state index in [1.165, 1.54) is 19.3 Å². The fourth-order valence-electron chi connectivity index (χ4n) is 1.95. The van der Waals surface area contributed by atoms with Crippen LogP contribution >= 0.6 is 0 Å².